The van der Waals surface area contributed by atoms with E-state index in [-0.39, 0.29) is 6.61 Å². The summed E-state index contributed by atoms with van der Waals surface area (Å²) in [4.78, 5) is 0. The van der Waals surface area contributed by atoms with Crippen LogP contribution in [0.4, 0.5) is 0 Å². The van der Waals surface area contributed by atoms with Gasteiger partial charge in [-0.15, -0.1) is 0 Å². The van der Waals surface area contributed by atoms with Crippen LogP contribution >= 0.6 is 0 Å². The van der Waals surface area contributed by atoms with Crippen LogP contribution in [0, 0.1) is 11.8 Å². The smallest absolute Gasteiger partial charge is 0.0615 e. The van der Waals surface area contributed by atoms with Crippen LogP contribution < -0.4 is 0 Å². The van der Waals surface area contributed by atoms with E-state index in [1.54, 1.807) is 0 Å². The fourth-order valence-corrected chi connectivity index (χ4v) is 1.65. The van der Waals surface area contributed by atoms with E-state index in [2.05, 4.69) is 26.8 Å². The molecule has 0 aromatic heterocycles. The van der Waals surface area contributed by atoms with Crippen LogP contribution in [0.15, 0.2) is 23.3 Å². The predicted octanol–water partition coefficient (Wildman–Crippen LogP) is 2.53. The molecule has 0 aromatic carbocycles. The molecule has 0 radical (unpaired) electrons. The van der Waals surface area contributed by atoms with Gasteiger partial charge in [-0.1, -0.05) is 23.3 Å². The van der Waals surface area contributed by atoms with E-state index in [1.165, 1.54) is 17.6 Å². The highest BCUT2D eigenvalue weighted by molar-refractivity contribution is 5.19. The first kappa shape index (κ1) is 9.53. The first-order valence-electron chi connectivity index (χ1n) is 4.57. The summed E-state index contributed by atoms with van der Waals surface area (Å²) < 4.78 is 0. The highest BCUT2D eigenvalue weighted by Gasteiger charge is 2.35. The van der Waals surface area contributed by atoms with E-state index < -0.39 is 0 Å². The number of hydrogen-bond acceptors (Lipinski definition) is 1. The predicted molar refractivity (Wildman–Crippen MR) is 51.9 cm³/mol. The Hall–Kier alpha value is -0.560. The Kier molecular flexibility index (Phi) is 3.10. The van der Waals surface area contributed by atoms with E-state index >= 15 is 0 Å². The van der Waals surface area contributed by atoms with Gasteiger partial charge in [0.25, 0.3) is 0 Å². The molecule has 1 aliphatic rings. The topological polar surface area (TPSA) is 20.2 Å². The van der Waals surface area contributed by atoms with Gasteiger partial charge >= 0.3 is 0 Å². The van der Waals surface area contributed by atoms with Crippen LogP contribution in [0.5, 0.6) is 0 Å². The maximum absolute atomic E-state index is 8.69. The molecule has 0 aliphatic heterocycles. The molecular weight excluding hydrogens is 148 g/mol. The van der Waals surface area contributed by atoms with Crippen LogP contribution in [0.3, 0.4) is 0 Å². The molecule has 0 heterocycles. The minimum atomic E-state index is 0.184. The van der Waals surface area contributed by atoms with Crippen molar-refractivity contribution in [3.05, 3.63) is 23.3 Å². The second-order valence-corrected chi connectivity index (χ2v) is 3.88. The molecule has 0 saturated heterocycles. The summed E-state index contributed by atoms with van der Waals surface area (Å²) in [5, 5.41) is 8.69. The fourth-order valence-electron chi connectivity index (χ4n) is 1.65. The van der Waals surface area contributed by atoms with Crippen molar-refractivity contribution in [1.29, 1.82) is 0 Å². The van der Waals surface area contributed by atoms with Crippen molar-refractivity contribution < 1.29 is 5.11 Å². The molecule has 0 unspecified atom stereocenters. The quantitative estimate of drug-likeness (QED) is 0.639. The third-order valence-corrected chi connectivity index (χ3v) is 2.39. The van der Waals surface area contributed by atoms with E-state index in [9.17, 15) is 0 Å². The lowest BCUT2D eigenvalue weighted by Crippen LogP contribution is -1.85. The minimum Gasteiger partial charge on any atom is -0.392 e. The highest BCUT2D eigenvalue weighted by Crippen LogP contribution is 2.45. The summed E-state index contributed by atoms with van der Waals surface area (Å²) in [6, 6.07) is 0. The van der Waals surface area contributed by atoms with Crippen molar-refractivity contribution in [3.8, 4) is 0 Å². The molecule has 0 bridgehead atoms. The molecule has 0 amide bonds. The second-order valence-electron chi connectivity index (χ2n) is 3.88. The molecule has 2 atom stereocenters. The lowest BCUT2D eigenvalue weighted by molar-refractivity contribution is 0.341. The van der Waals surface area contributed by atoms with Gasteiger partial charge in [-0.05, 0) is 39.0 Å². The Balaban J connectivity index is 2.42. The molecule has 12 heavy (non-hydrogen) atoms. The fraction of sp³-hybridized carbons (Fsp3) is 0.636. The summed E-state index contributed by atoms with van der Waals surface area (Å²) in [5.74, 6) is 1.46. The Morgan fingerprint density at radius 1 is 1.42 bits per heavy atom. The van der Waals surface area contributed by atoms with Crippen molar-refractivity contribution in [1.82, 2.24) is 0 Å². The Bertz CT molecular complexity index is 209. The summed E-state index contributed by atoms with van der Waals surface area (Å²) in [6.07, 6.45) is 5.52. The number of allylic oxidation sites excluding steroid dienone is 3. The number of rotatable bonds is 3. The molecular formula is C11H18O. The minimum absolute atomic E-state index is 0.184. The maximum Gasteiger partial charge on any atom is 0.0615 e. The van der Waals surface area contributed by atoms with Gasteiger partial charge in [0.15, 0.2) is 0 Å². The standard InChI is InChI=1S/C11H18O/c1-8(2)6-10-7-11(10)9(3)4-5-12/h4,6,10-12H,5,7H2,1-3H3/b9-4+/t10-,11+/m1/s1. The Morgan fingerprint density at radius 3 is 2.58 bits per heavy atom. The first-order valence-corrected chi connectivity index (χ1v) is 4.57. The largest absolute Gasteiger partial charge is 0.392 e. The zero-order chi connectivity index (χ0) is 9.14. The summed E-state index contributed by atoms with van der Waals surface area (Å²) >= 11 is 0. The van der Waals surface area contributed by atoms with Crippen molar-refractivity contribution in [2.45, 2.75) is 27.2 Å². The average Bonchev–Trinajstić information content (AvgIpc) is 2.67. The zero-order valence-corrected chi connectivity index (χ0v) is 8.17. The lowest BCUT2D eigenvalue weighted by Gasteiger charge is -1.96. The van der Waals surface area contributed by atoms with Gasteiger partial charge in [-0.25, -0.2) is 0 Å². The highest BCUT2D eigenvalue weighted by atomic mass is 16.2. The van der Waals surface area contributed by atoms with Crippen molar-refractivity contribution in [2.75, 3.05) is 6.61 Å². The van der Waals surface area contributed by atoms with Gasteiger partial charge < -0.3 is 5.11 Å². The summed E-state index contributed by atoms with van der Waals surface area (Å²) in [7, 11) is 0. The van der Waals surface area contributed by atoms with Crippen LogP contribution in [-0.4, -0.2) is 11.7 Å². The van der Waals surface area contributed by atoms with Gasteiger partial charge in [0.1, 0.15) is 0 Å². The molecule has 1 rings (SSSR count). The summed E-state index contributed by atoms with van der Waals surface area (Å²) in [6.45, 7) is 6.57. The van der Waals surface area contributed by atoms with Crippen molar-refractivity contribution in [3.63, 3.8) is 0 Å². The van der Waals surface area contributed by atoms with Gasteiger partial charge in [0.2, 0.25) is 0 Å². The van der Waals surface area contributed by atoms with Crippen molar-refractivity contribution >= 4 is 0 Å². The zero-order valence-electron chi connectivity index (χ0n) is 8.17. The molecule has 1 fully saturated rings. The van der Waals surface area contributed by atoms with E-state index in [0.29, 0.717) is 5.92 Å². The lowest BCUT2D eigenvalue weighted by atomic mass is 10.1. The van der Waals surface area contributed by atoms with Crippen LogP contribution in [0.25, 0.3) is 0 Å². The maximum atomic E-state index is 8.69. The normalized spacial score (nSPS) is 28.5. The molecule has 0 aromatic rings. The Morgan fingerprint density at radius 2 is 2.08 bits per heavy atom. The molecule has 1 nitrogen and oxygen atoms in total. The monoisotopic (exact) mass is 166 g/mol. The Labute approximate surface area is 74.8 Å². The molecule has 1 N–H and O–H groups in total. The molecule has 0 spiro atoms. The van der Waals surface area contributed by atoms with E-state index in [4.69, 9.17) is 5.11 Å². The van der Waals surface area contributed by atoms with Crippen molar-refractivity contribution in [2.24, 2.45) is 11.8 Å². The number of hydrogen-bond donors (Lipinski definition) is 1. The number of aliphatic hydroxyl groups is 1. The van der Waals surface area contributed by atoms with E-state index in [1.807, 2.05) is 6.08 Å². The SMILES string of the molecule is CC(C)=C[C@@H]1C[C@H]1/C(C)=C/CO. The first-order chi connectivity index (χ1) is 5.65. The van der Waals surface area contributed by atoms with E-state index in [0.717, 1.165) is 5.92 Å². The van der Waals surface area contributed by atoms with Gasteiger partial charge in [0, 0.05) is 0 Å². The molecule has 1 aliphatic carbocycles. The molecule has 1 heteroatoms. The third-order valence-electron chi connectivity index (χ3n) is 2.39. The van der Waals surface area contributed by atoms with Crippen LogP contribution in [0.2, 0.25) is 0 Å². The van der Waals surface area contributed by atoms with Gasteiger partial charge in [0.05, 0.1) is 6.61 Å². The average molecular weight is 166 g/mol. The van der Waals surface area contributed by atoms with Crippen LogP contribution in [-0.2, 0) is 0 Å². The van der Waals surface area contributed by atoms with Gasteiger partial charge in [-0.3, -0.25) is 0 Å². The second kappa shape index (κ2) is 3.90. The molecule has 68 valence electrons. The molecule has 1 saturated carbocycles. The van der Waals surface area contributed by atoms with Crippen LogP contribution in [0.1, 0.15) is 27.2 Å². The summed E-state index contributed by atoms with van der Waals surface area (Å²) in [5.41, 5.74) is 2.75. The number of aliphatic hydroxyl groups excluding tert-OH is 1. The third kappa shape index (κ3) is 2.49. The van der Waals surface area contributed by atoms with Gasteiger partial charge in [-0.2, -0.15) is 0 Å².